The molecule has 2 N–H and O–H groups in total. The fourth-order valence-electron chi connectivity index (χ4n) is 3.25. The number of amides is 2. The molecule has 0 spiro atoms. The number of fused-ring (bicyclic) bond motifs is 1. The van der Waals surface area contributed by atoms with Gasteiger partial charge < -0.3 is 19.8 Å². The first kappa shape index (κ1) is 21.2. The monoisotopic (exact) mass is 428 g/mol. The molecule has 1 aromatic heterocycles. The summed E-state index contributed by atoms with van der Waals surface area (Å²) in [5.41, 5.74) is 1.03. The highest BCUT2D eigenvalue weighted by Gasteiger charge is 2.12. The molecule has 4 rings (SSSR count). The molecule has 1 heterocycles. The van der Waals surface area contributed by atoms with E-state index in [-0.39, 0.29) is 37.1 Å². The number of furan rings is 1. The minimum atomic E-state index is -0.363. The number of hydrogen-bond acceptors (Lipinski definition) is 4. The first-order valence-electron chi connectivity index (χ1n) is 10.5. The van der Waals surface area contributed by atoms with Gasteiger partial charge in [-0.15, -0.1) is 0 Å². The van der Waals surface area contributed by atoms with Crippen molar-refractivity contribution in [1.29, 1.82) is 0 Å². The molecule has 0 atom stereocenters. The Kier molecular flexibility index (Phi) is 6.82. The third-order valence-corrected chi connectivity index (χ3v) is 4.96. The second-order valence-corrected chi connectivity index (χ2v) is 7.33. The molecule has 2 amide bonds. The molecule has 3 aromatic carbocycles. The third kappa shape index (κ3) is 5.76. The molecular formula is C26H24N2O4. The summed E-state index contributed by atoms with van der Waals surface area (Å²) in [4.78, 5) is 24.2. The maximum atomic E-state index is 12.3. The molecular weight excluding hydrogens is 404 g/mol. The Morgan fingerprint density at radius 2 is 1.59 bits per heavy atom. The zero-order valence-electron chi connectivity index (χ0n) is 17.5. The van der Waals surface area contributed by atoms with Crippen LogP contribution in [0.15, 0.2) is 89.3 Å². The van der Waals surface area contributed by atoms with E-state index in [0.29, 0.717) is 12.3 Å². The van der Waals surface area contributed by atoms with E-state index in [2.05, 4.69) is 10.6 Å². The molecule has 0 aliphatic rings. The Hall–Kier alpha value is -4.06. The Morgan fingerprint density at radius 3 is 2.44 bits per heavy atom. The molecule has 6 heteroatoms. The largest absolute Gasteiger partial charge is 0.486 e. The van der Waals surface area contributed by atoms with Gasteiger partial charge in [0.15, 0.2) is 5.76 Å². The summed E-state index contributed by atoms with van der Waals surface area (Å²) in [6.45, 7) is 0.906. The first-order valence-corrected chi connectivity index (χ1v) is 10.5. The molecule has 0 saturated carbocycles. The van der Waals surface area contributed by atoms with Crippen molar-refractivity contribution in [3.8, 4) is 5.75 Å². The van der Waals surface area contributed by atoms with E-state index < -0.39 is 0 Å². The minimum Gasteiger partial charge on any atom is -0.486 e. The van der Waals surface area contributed by atoms with Crippen LogP contribution in [-0.4, -0.2) is 18.4 Å². The average molecular weight is 428 g/mol. The lowest BCUT2D eigenvalue weighted by atomic mass is 10.1. The van der Waals surface area contributed by atoms with Crippen molar-refractivity contribution in [2.24, 2.45) is 0 Å². The van der Waals surface area contributed by atoms with Gasteiger partial charge >= 0.3 is 0 Å². The number of rotatable bonds is 9. The van der Waals surface area contributed by atoms with E-state index in [9.17, 15) is 9.59 Å². The number of carbonyl (C=O) groups is 2. The maximum Gasteiger partial charge on any atom is 0.287 e. The van der Waals surface area contributed by atoms with Crippen molar-refractivity contribution in [1.82, 2.24) is 10.6 Å². The average Bonchev–Trinajstić information content (AvgIpc) is 3.31. The fraction of sp³-hybridized carbons (Fsp3) is 0.154. The van der Waals surface area contributed by atoms with Crippen LogP contribution in [0.2, 0.25) is 0 Å². The summed E-state index contributed by atoms with van der Waals surface area (Å²) in [5, 5.41) is 7.77. The lowest BCUT2D eigenvalue weighted by Gasteiger charge is -2.07. The second-order valence-electron chi connectivity index (χ2n) is 7.33. The predicted molar refractivity (Wildman–Crippen MR) is 122 cm³/mol. The molecule has 162 valence electrons. The van der Waals surface area contributed by atoms with Gasteiger partial charge in [0.25, 0.3) is 5.91 Å². The van der Waals surface area contributed by atoms with E-state index in [1.54, 1.807) is 12.1 Å². The van der Waals surface area contributed by atoms with Crippen molar-refractivity contribution in [3.05, 3.63) is 102 Å². The van der Waals surface area contributed by atoms with Crippen LogP contribution in [0.3, 0.4) is 0 Å². The maximum absolute atomic E-state index is 12.3. The van der Waals surface area contributed by atoms with Crippen molar-refractivity contribution in [2.75, 3.05) is 6.54 Å². The first-order chi connectivity index (χ1) is 15.7. The lowest BCUT2D eigenvalue weighted by Crippen LogP contribution is -2.30. The van der Waals surface area contributed by atoms with Gasteiger partial charge in [-0.3, -0.25) is 9.59 Å². The highest BCUT2D eigenvalue weighted by molar-refractivity contribution is 5.91. The Bertz CT molecular complexity index is 1200. The molecule has 4 aromatic rings. The zero-order valence-corrected chi connectivity index (χ0v) is 17.5. The van der Waals surface area contributed by atoms with Gasteiger partial charge in [-0.25, -0.2) is 0 Å². The van der Waals surface area contributed by atoms with E-state index in [0.717, 1.165) is 22.1 Å². The Labute approximate surface area is 186 Å². The van der Waals surface area contributed by atoms with Gasteiger partial charge in [0.2, 0.25) is 5.91 Å². The van der Waals surface area contributed by atoms with Crippen LogP contribution < -0.4 is 15.4 Å². The number of benzene rings is 3. The topological polar surface area (TPSA) is 80.6 Å². The van der Waals surface area contributed by atoms with Crippen LogP contribution in [0, 0.1) is 0 Å². The van der Waals surface area contributed by atoms with Crippen molar-refractivity contribution < 1.29 is 18.7 Å². The summed E-state index contributed by atoms with van der Waals surface area (Å²) < 4.78 is 11.4. The highest BCUT2D eigenvalue weighted by atomic mass is 16.5. The smallest absolute Gasteiger partial charge is 0.287 e. The van der Waals surface area contributed by atoms with Gasteiger partial charge in [-0.1, -0.05) is 60.7 Å². The van der Waals surface area contributed by atoms with Crippen molar-refractivity contribution >= 4 is 22.6 Å². The van der Waals surface area contributed by atoms with Gasteiger partial charge in [0.1, 0.15) is 18.1 Å². The third-order valence-electron chi connectivity index (χ3n) is 4.96. The van der Waals surface area contributed by atoms with Crippen molar-refractivity contribution in [3.63, 3.8) is 0 Å². The van der Waals surface area contributed by atoms with E-state index in [1.807, 2.05) is 72.8 Å². The molecule has 0 fully saturated rings. The lowest BCUT2D eigenvalue weighted by molar-refractivity contribution is -0.121. The zero-order chi connectivity index (χ0) is 22.2. The van der Waals surface area contributed by atoms with Crippen LogP contribution in [-0.2, 0) is 17.9 Å². The molecule has 0 unspecified atom stereocenters. The summed E-state index contributed by atoms with van der Waals surface area (Å²) >= 11 is 0. The predicted octanol–water partition coefficient (Wildman–Crippen LogP) is 4.45. The molecule has 0 aliphatic carbocycles. The Morgan fingerprint density at radius 1 is 0.812 bits per heavy atom. The minimum absolute atomic E-state index is 0.127. The highest BCUT2D eigenvalue weighted by Crippen LogP contribution is 2.21. The summed E-state index contributed by atoms with van der Waals surface area (Å²) in [6.07, 6.45) is 0.192. The molecule has 32 heavy (non-hydrogen) atoms. The molecule has 0 aliphatic heterocycles. The summed E-state index contributed by atoms with van der Waals surface area (Å²) in [6, 6.07) is 26.9. The van der Waals surface area contributed by atoms with Gasteiger partial charge in [-0.2, -0.15) is 0 Å². The van der Waals surface area contributed by atoms with Crippen LogP contribution in [0.5, 0.6) is 5.75 Å². The number of ether oxygens (including phenoxy) is 1. The second kappa shape index (κ2) is 10.3. The van der Waals surface area contributed by atoms with E-state index >= 15 is 0 Å². The van der Waals surface area contributed by atoms with Crippen LogP contribution in [0.1, 0.15) is 28.3 Å². The fourth-order valence-corrected chi connectivity index (χ4v) is 3.25. The van der Waals surface area contributed by atoms with Crippen LogP contribution in [0.4, 0.5) is 0 Å². The molecule has 6 nitrogen and oxygen atoms in total. The van der Waals surface area contributed by atoms with E-state index in [4.69, 9.17) is 9.15 Å². The van der Waals surface area contributed by atoms with Crippen LogP contribution in [0.25, 0.3) is 10.8 Å². The van der Waals surface area contributed by atoms with Gasteiger partial charge in [-0.05, 0) is 40.6 Å². The van der Waals surface area contributed by atoms with Gasteiger partial charge in [0, 0.05) is 19.5 Å². The number of nitrogens with one attached hydrogen (secondary N) is 2. The Balaban J connectivity index is 1.20. The molecule has 0 radical (unpaired) electrons. The summed E-state index contributed by atoms with van der Waals surface area (Å²) in [5.74, 6) is 0.972. The normalized spacial score (nSPS) is 10.6. The SMILES string of the molecule is O=C(CCNC(=O)c1ccc(COc2ccc3ccccc3c2)o1)NCc1ccccc1. The standard InChI is InChI=1S/C26H24N2O4/c29-25(28-17-19-6-2-1-3-7-19)14-15-27-26(30)24-13-12-23(32-24)18-31-22-11-10-20-8-4-5-9-21(20)16-22/h1-13,16H,14-15,17-18H2,(H,27,30)(H,28,29). The van der Waals surface area contributed by atoms with E-state index in [1.165, 1.54) is 0 Å². The van der Waals surface area contributed by atoms with Crippen LogP contribution >= 0.6 is 0 Å². The quantitative estimate of drug-likeness (QED) is 0.413. The molecule has 0 saturated heterocycles. The number of carbonyl (C=O) groups excluding carboxylic acids is 2. The summed E-state index contributed by atoms with van der Waals surface area (Å²) in [7, 11) is 0. The number of hydrogen-bond donors (Lipinski definition) is 2. The van der Waals surface area contributed by atoms with Gasteiger partial charge in [0.05, 0.1) is 0 Å². The molecule has 0 bridgehead atoms. The van der Waals surface area contributed by atoms with Crippen molar-refractivity contribution in [2.45, 2.75) is 19.6 Å².